The molecule has 158 valence electrons. The molecule has 0 amide bonds. The minimum atomic E-state index is -0.814. The van der Waals surface area contributed by atoms with Gasteiger partial charge in [-0.05, 0) is 30.5 Å². The Morgan fingerprint density at radius 2 is 2.07 bits per heavy atom. The van der Waals surface area contributed by atoms with Gasteiger partial charge in [-0.25, -0.2) is 14.4 Å². The van der Waals surface area contributed by atoms with Crippen LogP contribution in [0.1, 0.15) is 18.4 Å². The smallest absolute Gasteiger partial charge is 0.134 e. The van der Waals surface area contributed by atoms with E-state index in [0.717, 1.165) is 36.6 Å². The molecule has 8 heteroatoms. The Morgan fingerprint density at radius 1 is 1.28 bits per heavy atom. The number of halogens is 1. The van der Waals surface area contributed by atoms with Gasteiger partial charge in [0.15, 0.2) is 0 Å². The van der Waals surface area contributed by atoms with Gasteiger partial charge in [-0.3, -0.25) is 0 Å². The lowest BCUT2D eigenvalue weighted by Crippen LogP contribution is -2.53. The summed E-state index contributed by atoms with van der Waals surface area (Å²) in [5.74, 6) is 2.35. The van der Waals surface area contributed by atoms with Crippen LogP contribution in [0.4, 0.5) is 16.0 Å². The molecular formula is C21H30FN5O2. The van der Waals surface area contributed by atoms with E-state index >= 15 is 0 Å². The van der Waals surface area contributed by atoms with Gasteiger partial charge in [-0.15, -0.1) is 0 Å². The molecule has 1 saturated heterocycles. The summed E-state index contributed by atoms with van der Waals surface area (Å²) in [5.41, 5.74) is 0.270. The van der Waals surface area contributed by atoms with E-state index in [4.69, 9.17) is 4.74 Å². The Bertz CT molecular complexity index is 774. The molecule has 1 atom stereocenters. The first kappa shape index (κ1) is 21.3. The molecule has 2 heterocycles. The SMILES string of the molecule is CN(C)c1cc(N2CCCC(O)(CNCc3ccc(OCCF)cc3)C2)ncn1. The molecule has 1 aromatic carbocycles. The first-order valence-electron chi connectivity index (χ1n) is 9.94. The Morgan fingerprint density at radius 3 is 2.79 bits per heavy atom. The molecule has 1 fully saturated rings. The van der Waals surface area contributed by atoms with Crippen LogP contribution in [0, 0.1) is 0 Å². The van der Waals surface area contributed by atoms with Gasteiger partial charge < -0.3 is 25.0 Å². The number of anilines is 2. The maximum Gasteiger partial charge on any atom is 0.134 e. The summed E-state index contributed by atoms with van der Waals surface area (Å²) in [6.07, 6.45) is 3.22. The summed E-state index contributed by atoms with van der Waals surface area (Å²) < 4.78 is 17.4. The molecule has 2 N–H and O–H groups in total. The molecule has 0 aliphatic carbocycles. The topological polar surface area (TPSA) is 73.8 Å². The summed E-state index contributed by atoms with van der Waals surface area (Å²) in [6.45, 7) is 2.11. The van der Waals surface area contributed by atoms with E-state index in [2.05, 4.69) is 20.2 Å². The molecule has 0 bridgehead atoms. The van der Waals surface area contributed by atoms with Crippen LogP contribution in [0.3, 0.4) is 0 Å². The van der Waals surface area contributed by atoms with Crippen molar-refractivity contribution in [3.05, 3.63) is 42.2 Å². The van der Waals surface area contributed by atoms with Crippen LogP contribution in [0.5, 0.6) is 5.75 Å². The number of piperidine rings is 1. The van der Waals surface area contributed by atoms with Gasteiger partial charge in [-0.1, -0.05) is 12.1 Å². The van der Waals surface area contributed by atoms with Crippen molar-refractivity contribution >= 4 is 11.6 Å². The summed E-state index contributed by atoms with van der Waals surface area (Å²) in [5, 5.41) is 14.4. The van der Waals surface area contributed by atoms with Crippen LogP contribution in [-0.2, 0) is 6.54 Å². The van der Waals surface area contributed by atoms with Gasteiger partial charge in [-0.2, -0.15) is 0 Å². The minimum absolute atomic E-state index is 0.0729. The maximum atomic E-state index is 12.2. The number of β-amino-alcohol motifs (C(OH)–C–C–N with tert-alkyl or cyclic N) is 1. The zero-order valence-corrected chi connectivity index (χ0v) is 17.1. The fourth-order valence-electron chi connectivity index (χ4n) is 3.51. The highest BCUT2D eigenvalue weighted by Gasteiger charge is 2.33. The average molecular weight is 404 g/mol. The summed E-state index contributed by atoms with van der Waals surface area (Å²) >= 11 is 0. The van der Waals surface area contributed by atoms with Crippen LogP contribution in [0.2, 0.25) is 0 Å². The van der Waals surface area contributed by atoms with Crippen molar-refractivity contribution in [1.29, 1.82) is 0 Å². The second-order valence-electron chi connectivity index (χ2n) is 7.66. The van der Waals surface area contributed by atoms with Crippen LogP contribution in [-0.4, -0.2) is 67.7 Å². The van der Waals surface area contributed by atoms with E-state index in [1.165, 1.54) is 0 Å². The fourth-order valence-corrected chi connectivity index (χ4v) is 3.51. The minimum Gasteiger partial charge on any atom is -0.491 e. The van der Waals surface area contributed by atoms with Gasteiger partial charge in [0.2, 0.25) is 0 Å². The van der Waals surface area contributed by atoms with Crippen LogP contribution in [0.15, 0.2) is 36.7 Å². The predicted octanol–water partition coefficient (Wildman–Crippen LogP) is 2.01. The quantitative estimate of drug-likeness (QED) is 0.663. The Kier molecular flexibility index (Phi) is 7.22. The molecule has 0 saturated carbocycles. The van der Waals surface area contributed by atoms with Crippen LogP contribution in [0.25, 0.3) is 0 Å². The zero-order chi connectivity index (χ0) is 20.7. The van der Waals surface area contributed by atoms with Gasteiger partial charge in [0.25, 0.3) is 0 Å². The number of ether oxygens (including phenoxy) is 1. The molecule has 0 radical (unpaired) electrons. The monoisotopic (exact) mass is 403 g/mol. The second-order valence-corrected chi connectivity index (χ2v) is 7.66. The third-order valence-electron chi connectivity index (χ3n) is 5.03. The van der Waals surface area contributed by atoms with Crippen LogP contribution >= 0.6 is 0 Å². The van der Waals surface area contributed by atoms with Crippen molar-refractivity contribution in [2.45, 2.75) is 25.0 Å². The molecule has 1 aliphatic rings. The van der Waals surface area contributed by atoms with Crippen molar-refractivity contribution in [3.63, 3.8) is 0 Å². The van der Waals surface area contributed by atoms with Gasteiger partial charge in [0.1, 0.15) is 37.0 Å². The number of hydrogen-bond donors (Lipinski definition) is 2. The average Bonchev–Trinajstić information content (AvgIpc) is 2.73. The molecule has 1 unspecified atom stereocenters. The number of benzene rings is 1. The summed E-state index contributed by atoms with van der Waals surface area (Å²) in [4.78, 5) is 12.7. The lowest BCUT2D eigenvalue weighted by atomic mass is 9.92. The van der Waals surface area contributed by atoms with E-state index < -0.39 is 12.3 Å². The second kappa shape index (κ2) is 9.84. The lowest BCUT2D eigenvalue weighted by molar-refractivity contribution is 0.0259. The number of rotatable bonds is 9. The first-order chi connectivity index (χ1) is 14.0. The Labute approximate surface area is 171 Å². The third kappa shape index (κ3) is 6.01. The van der Waals surface area contributed by atoms with E-state index in [-0.39, 0.29) is 6.61 Å². The van der Waals surface area contributed by atoms with E-state index in [9.17, 15) is 9.50 Å². The normalized spacial score (nSPS) is 19.2. The highest BCUT2D eigenvalue weighted by atomic mass is 19.1. The highest BCUT2D eigenvalue weighted by Crippen LogP contribution is 2.26. The summed E-state index contributed by atoms with van der Waals surface area (Å²) in [7, 11) is 3.89. The molecule has 29 heavy (non-hydrogen) atoms. The first-order valence-corrected chi connectivity index (χ1v) is 9.94. The number of alkyl halides is 1. The maximum absolute atomic E-state index is 12.2. The molecule has 3 rings (SSSR count). The lowest BCUT2D eigenvalue weighted by Gasteiger charge is -2.40. The molecular weight excluding hydrogens is 373 g/mol. The molecule has 0 spiro atoms. The van der Waals surface area contributed by atoms with Crippen molar-refractivity contribution in [2.24, 2.45) is 0 Å². The van der Waals surface area contributed by atoms with Crippen molar-refractivity contribution in [2.75, 3.05) is 56.8 Å². The van der Waals surface area contributed by atoms with E-state index in [0.29, 0.717) is 25.4 Å². The highest BCUT2D eigenvalue weighted by molar-refractivity contribution is 5.49. The Balaban J connectivity index is 1.53. The van der Waals surface area contributed by atoms with Crippen molar-refractivity contribution in [1.82, 2.24) is 15.3 Å². The van der Waals surface area contributed by atoms with Gasteiger partial charge >= 0.3 is 0 Å². The van der Waals surface area contributed by atoms with E-state index in [1.807, 2.05) is 49.3 Å². The van der Waals surface area contributed by atoms with Crippen molar-refractivity contribution in [3.8, 4) is 5.75 Å². The van der Waals surface area contributed by atoms with Gasteiger partial charge in [0.05, 0.1) is 5.60 Å². The number of hydrogen-bond acceptors (Lipinski definition) is 7. The van der Waals surface area contributed by atoms with Crippen LogP contribution < -0.4 is 19.9 Å². The molecule has 2 aromatic rings. The van der Waals surface area contributed by atoms with Crippen molar-refractivity contribution < 1.29 is 14.2 Å². The molecule has 1 aromatic heterocycles. The number of aromatic nitrogens is 2. The number of nitrogens with one attached hydrogen (secondary N) is 1. The van der Waals surface area contributed by atoms with Gasteiger partial charge in [0, 0.05) is 46.3 Å². The largest absolute Gasteiger partial charge is 0.491 e. The standard InChI is InChI=1S/C21H30FN5O2/c1-26(2)19-12-20(25-16-24-19)27-10-3-8-21(28,15-27)14-23-13-17-4-6-18(7-5-17)29-11-9-22/h4-7,12,16,23,28H,3,8-11,13-15H2,1-2H3. The number of aliphatic hydroxyl groups is 1. The Hall–Kier alpha value is -2.45. The molecule has 7 nitrogen and oxygen atoms in total. The fraction of sp³-hybridized carbons (Fsp3) is 0.524. The summed E-state index contributed by atoms with van der Waals surface area (Å²) in [6, 6.07) is 9.51. The zero-order valence-electron chi connectivity index (χ0n) is 17.1. The predicted molar refractivity (Wildman–Crippen MR) is 112 cm³/mol. The third-order valence-corrected chi connectivity index (χ3v) is 5.03. The number of nitrogens with zero attached hydrogens (tertiary/aromatic N) is 4. The van der Waals surface area contributed by atoms with E-state index in [1.54, 1.807) is 6.33 Å². The molecule has 1 aliphatic heterocycles.